The molecule has 0 bridgehead atoms. The van der Waals surface area contributed by atoms with E-state index in [0.29, 0.717) is 17.9 Å². The summed E-state index contributed by atoms with van der Waals surface area (Å²) in [5.74, 6) is -0.805. The van der Waals surface area contributed by atoms with Crippen LogP contribution in [0.4, 0.5) is 8.78 Å². The van der Waals surface area contributed by atoms with Crippen molar-refractivity contribution < 1.29 is 13.0 Å². The minimum absolute atomic E-state index is 0.101. The van der Waals surface area contributed by atoms with E-state index in [9.17, 15) is 13.0 Å². The Bertz CT molecular complexity index is 464. The second kappa shape index (κ2) is 4.82. The quantitative estimate of drug-likeness (QED) is 0.883. The molecule has 0 aromatic heterocycles. The maximum absolute atomic E-state index is 13.7. The van der Waals surface area contributed by atoms with E-state index in [1.165, 1.54) is 6.07 Å². The normalized spacial score (nSPS) is 27.9. The SMILES string of the molecule is CCNC1c2cc(F)cc(F)c2S(=O)CC1C. The Morgan fingerprint density at radius 1 is 1.47 bits per heavy atom. The predicted octanol–water partition coefficient (Wildman–Crippen LogP) is 2.37. The van der Waals surface area contributed by atoms with Crippen molar-refractivity contribution in [3.8, 4) is 0 Å². The summed E-state index contributed by atoms with van der Waals surface area (Å²) in [5.41, 5.74) is 0.501. The summed E-state index contributed by atoms with van der Waals surface area (Å²) in [6, 6.07) is 1.97. The lowest BCUT2D eigenvalue weighted by molar-refractivity contribution is 0.401. The highest BCUT2D eigenvalue weighted by atomic mass is 32.2. The Labute approximate surface area is 102 Å². The molecule has 3 atom stereocenters. The molecule has 0 spiro atoms. The second-order valence-electron chi connectivity index (χ2n) is 4.33. The Morgan fingerprint density at radius 3 is 2.82 bits per heavy atom. The van der Waals surface area contributed by atoms with Gasteiger partial charge in [0.1, 0.15) is 11.6 Å². The summed E-state index contributed by atoms with van der Waals surface area (Å²) in [4.78, 5) is 0.162. The molecule has 1 N–H and O–H groups in total. The fourth-order valence-corrected chi connectivity index (χ4v) is 3.87. The van der Waals surface area contributed by atoms with E-state index in [-0.39, 0.29) is 16.9 Å². The molecule has 1 aliphatic rings. The predicted molar refractivity (Wildman–Crippen MR) is 63.2 cm³/mol. The summed E-state index contributed by atoms with van der Waals surface area (Å²) >= 11 is 0. The van der Waals surface area contributed by atoms with E-state index in [0.717, 1.165) is 6.07 Å². The lowest BCUT2D eigenvalue weighted by Gasteiger charge is -2.31. The number of hydrogen-bond donors (Lipinski definition) is 1. The molecule has 2 nitrogen and oxygen atoms in total. The number of nitrogens with one attached hydrogen (secondary N) is 1. The summed E-state index contributed by atoms with van der Waals surface area (Å²) in [6.45, 7) is 4.59. The Kier molecular flexibility index (Phi) is 3.58. The zero-order valence-electron chi connectivity index (χ0n) is 9.80. The fraction of sp³-hybridized carbons (Fsp3) is 0.500. The van der Waals surface area contributed by atoms with Crippen molar-refractivity contribution in [1.82, 2.24) is 5.32 Å². The first kappa shape index (κ1) is 12.6. The van der Waals surface area contributed by atoms with Gasteiger partial charge in [0.2, 0.25) is 0 Å². The van der Waals surface area contributed by atoms with E-state index in [1.807, 2.05) is 13.8 Å². The van der Waals surface area contributed by atoms with E-state index >= 15 is 0 Å². The lowest BCUT2D eigenvalue weighted by Crippen LogP contribution is -2.34. The fourth-order valence-electron chi connectivity index (χ4n) is 2.31. The van der Waals surface area contributed by atoms with Crippen LogP contribution in [0.5, 0.6) is 0 Å². The third-order valence-electron chi connectivity index (χ3n) is 3.01. The topological polar surface area (TPSA) is 29.1 Å². The minimum atomic E-state index is -1.37. The van der Waals surface area contributed by atoms with Gasteiger partial charge in [-0.05, 0) is 24.1 Å². The Hall–Kier alpha value is -0.810. The number of rotatable bonds is 2. The van der Waals surface area contributed by atoms with Gasteiger partial charge in [-0.3, -0.25) is 4.21 Å². The summed E-state index contributed by atoms with van der Waals surface area (Å²) in [7, 11) is -1.37. The van der Waals surface area contributed by atoms with Crippen LogP contribution in [-0.2, 0) is 10.8 Å². The Balaban J connectivity index is 2.56. The summed E-state index contributed by atoms with van der Waals surface area (Å²) < 4.78 is 38.8. The molecule has 0 fully saturated rings. The van der Waals surface area contributed by atoms with Crippen LogP contribution in [0, 0.1) is 17.6 Å². The molecule has 17 heavy (non-hydrogen) atoms. The molecule has 1 aromatic carbocycles. The van der Waals surface area contributed by atoms with Crippen LogP contribution in [0.1, 0.15) is 25.5 Å². The molecular weight excluding hydrogens is 244 g/mol. The zero-order valence-corrected chi connectivity index (χ0v) is 10.6. The maximum atomic E-state index is 13.7. The number of halogens is 2. The number of hydrogen-bond acceptors (Lipinski definition) is 2. The van der Waals surface area contributed by atoms with Crippen LogP contribution in [0.2, 0.25) is 0 Å². The summed E-state index contributed by atoms with van der Waals surface area (Å²) in [6.07, 6.45) is 0. The molecule has 0 radical (unpaired) electrons. The molecule has 94 valence electrons. The van der Waals surface area contributed by atoms with Crippen LogP contribution in [0.15, 0.2) is 17.0 Å². The highest BCUT2D eigenvalue weighted by molar-refractivity contribution is 7.85. The highest BCUT2D eigenvalue weighted by Gasteiger charge is 2.32. The summed E-state index contributed by atoms with van der Waals surface area (Å²) in [5, 5.41) is 3.20. The number of benzene rings is 1. The van der Waals surface area contributed by atoms with E-state index in [2.05, 4.69) is 5.32 Å². The van der Waals surface area contributed by atoms with E-state index in [4.69, 9.17) is 0 Å². The van der Waals surface area contributed by atoms with E-state index < -0.39 is 22.4 Å². The highest BCUT2D eigenvalue weighted by Crippen LogP contribution is 2.35. The zero-order chi connectivity index (χ0) is 12.6. The van der Waals surface area contributed by atoms with Gasteiger partial charge in [0.05, 0.1) is 15.7 Å². The first-order valence-corrected chi connectivity index (χ1v) is 6.97. The first-order valence-electron chi connectivity index (χ1n) is 5.65. The number of fused-ring (bicyclic) bond motifs is 1. The molecule has 0 saturated heterocycles. The molecule has 1 aliphatic heterocycles. The van der Waals surface area contributed by atoms with Crippen LogP contribution in [0.25, 0.3) is 0 Å². The molecule has 5 heteroatoms. The van der Waals surface area contributed by atoms with Gasteiger partial charge < -0.3 is 5.32 Å². The lowest BCUT2D eigenvalue weighted by atomic mass is 9.95. The smallest absolute Gasteiger partial charge is 0.142 e. The van der Waals surface area contributed by atoms with Crippen LogP contribution >= 0.6 is 0 Å². The third-order valence-corrected chi connectivity index (χ3v) is 4.72. The molecular formula is C12H15F2NOS. The van der Waals surface area contributed by atoms with Gasteiger partial charge in [-0.1, -0.05) is 13.8 Å². The maximum Gasteiger partial charge on any atom is 0.142 e. The van der Waals surface area contributed by atoms with Gasteiger partial charge in [-0.2, -0.15) is 0 Å². The molecule has 0 amide bonds. The molecule has 0 saturated carbocycles. The molecule has 1 heterocycles. The standard InChI is InChI=1S/C12H15F2NOS/c1-3-15-11-7(2)6-17(16)12-9(11)4-8(13)5-10(12)14/h4-5,7,11,15H,3,6H2,1-2H3. The Morgan fingerprint density at radius 2 is 2.18 bits per heavy atom. The van der Waals surface area contributed by atoms with Crippen molar-refractivity contribution in [3.05, 3.63) is 29.3 Å². The molecule has 1 aromatic rings. The third kappa shape index (κ3) is 2.26. The van der Waals surface area contributed by atoms with Crippen molar-refractivity contribution in [3.63, 3.8) is 0 Å². The van der Waals surface area contributed by atoms with Crippen molar-refractivity contribution >= 4 is 10.8 Å². The van der Waals surface area contributed by atoms with Crippen molar-refractivity contribution in [2.24, 2.45) is 5.92 Å². The second-order valence-corrected chi connectivity index (χ2v) is 5.76. The van der Waals surface area contributed by atoms with Crippen LogP contribution in [0.3, 0.4) is 0 Å². The van der Waals surface area contributed by atoms with Gasteiger partial charge in [0.25, 0.3) is 0 Å². The van der Waals surface area contributed by atoms with Crippen molar-refractivity contribution in [2.75, 3.05) is 12.3 Å². The largest absolute Gasteiger partial charge is 0.310 e. The van der Waals surface area contributed by atoms with Crippen molar-refractivity contribution in [2.45, 2.75) is 24.8 Å². The average Bonchev–Trinajstić information content (AvgIpc) is 2.22. The minimum Gasteiger partial charge on any atom is -0.310 e. The first-order chi connectivity index (χ1) is 8.04. The van der Waals surface area contributed by atoms with Crippen LogP contribution in [-0.4, -0.2) is 16.5 Å². The van der Waals surface area contributed by atoms with Crippen LogP contribution < -0.4 is 5.32 Å². The molecule has 0 aliphatic carbocycles. The van der Waals surface area contributed by atoms with Gasteiger partial charge in [-0.15, -0.1) is 0 Å². The van der Waals surface area contributed by atoms with Gasteiger partial charge in [0.15, 0.2) is 0 Å². The monoisotopic (exact) mass is 259 g/mol. The van der Waals surface area contributed by atoms with Gasteiger partial charge >= 0.3 is 0 Å². The molecule has 2 rings (SSSR count). The average molecular weight is 259 g/mol. The van der Waals surface area contributed by atoms with Gasteiger partial charge in [0, 0.05) is 17.9 Å². The molecule has 3 unspecified atom stereocenters. The van der Waals surface area contributed by atoms with Gasteiger partial charge in [-0.25, -0.2) is 8.78 Å². The van der Waals surface area contributed by atoms with Crippen molar-refractivity contribution in [1.29, 1.82) is 0 Å². The van der Waals surface area contributed by atoms with E-state index in [1.54, 1.807) is 0 Å².